The Morgan fingerprint density at radius 3 is 2.12 bits per heavy atom. The van der Waals surface area contributed by atoms with E-state index in [1.54, 1.807) is 0 Å². The molecule has 4 heteroatoms. The molecule has 0 spiro atoms. The number of hydrogen-bond acceptors (Lipinski definition) is 2. The molecule has 124 valence electrons. The van der Waals surface area contributed by atoms with Crippen molar-refractivity contribution < 1.29 is 9.59 Å². The van der Waals surface area contributed by atoms with Gasteiger partial charge in [0.1, 0.15) is 6.04 Å². The van der Waals surface area contributed by atoms with Crippen molar-refractivity contribution in [1.29, 1.82) is 0 Å². The number of likely N-dealkylation sites (tertiary alicyclic amines) is 1. The second-order valence-corrected chi connectivity index (χ2v) is 6.11. The lowest BCUT2D eigenvalue weighted by Crippen LogP contribution is -2.42. The van der Waals surface area contributed by atoms with Crippen LogP contribution < -0.4 is 5.32 Å². The molecule has 0 aliphatic carbocycles. The van der Waals surface area contributed by atoms with E-state index < -0.39 is 6.04 Å². The summed E-state index contributed by atoms with van der Waals surface area (Å²) in [6.45, 7) is 1.55. The fourth-order valence-electron chi connectivity index (χ4n) is 3.05. The van der Waals surface area contributed by atoms with E-state index in [1.165, 1.54) is 0 Å². The summed E-state index contributed by atoms with van der Waals surface area (Å²) in [5, 5.41) is 2.93. The molecule has 0 saturated carbocycles. The molecule has 1 heterocycles. The van der Waals surface area contributed by atoms with Crippen LogP contribution in [-0.4, -0.2) is 29.8 Å². The lowest BCUT2D eigenvalue weighted by Gasteiger charge is -2.24. The monoisotopic (exact) mass is 322 g/mol. The zero-order valence-electron chi connectivity index (χ0n) is 13.7. The molecule has 4 nitrogen and oxygen atoms in total. The first-order valence-electron chi connectivity index (χ1n) is 8.41. The topological polar surface area (TPSA) is 49.4 Å². The Balaban J connectivity index is 1.74. The number of nitrogens with zero attached hydrogens (tertiary/aromatic N) is 1. The number of carbonyl (C=O) groups excluding carboxylic acids is 2. The summed E-state index contributed by atoms with van der Waals surface area (Å²) in [5.74, 6) is -0.150. The van der Waals surface area contributed by atoms with Crippen LogP contribution in [-0.2, 0) is 16.0 Å². The van der Waals surface area contributed by atoms with Crippen molar-refractivity contribution in [3.05, 3.63) is 71.8 Å². The molecule has 1 N–H and O–H groups in total. The second kappa shape index (κ2) is 7.77. The summed E-state index contributed by atoms with van der Waals surface area (Å²) in [6.07, 6.45) is 2.34. The van der Waals surface area contributed by atoms with E-state index in [-0.39, 0.29) is 18.2 Å². The summed E-state index contributed by atoms with van der Waals surface area (Å²) in [6, 6.07) is 18.4. The van der Waals surface area contributed by atoms with Gasteiger partial charge >= 0.3 is 0 Å². The van der Waals surface area contributed by atoms with Gasteiger partial charge in [0.25, 0.3) is 0 Å². The van der Waals surface area contributed by atoms with Gasteiger partial charge in [-0.3, -0.25) is 9.59 Å². The standard InChI is InChI=1S/C20H22N2O2/c23-18(15-16-9-3-1-4-10-16)21-19(17-11-5-2-6-12-17)20(24)22-13-7-8-14-22/h1-6,9-12,19H,7-8,13-15H2,(H,21,23)/t19-/m0/s1. The van der Waals surface area contributed by atoms with Gasteiger partial charge in [0.15, 0.2) is 0 Å². The third-order valence-electron chi connectivity index (χ3n) is 4.31. The minimum absolute atomic E-state index is 0.0138. The summed E-state index contributed by atoms with van der Waals surface area (Å²) in [4.78, 5) is 27.1. The maximum atomic E-state index is 12.8. The van der Waals surface area contributed by atoms with E-state index in [4.69, 9.17) is 0 Å². The summed E-state index contributed by atoms with van der Waals surface area (Å²) < 4.78 is 0. The maximum absolute atomic E-state index is 12.8. The van der Waals surface area contributed by atoms with Crippen LogP contribution in [0.25, 0.3) is 0 Å². The van der Waals surface area contributed by atoms with Crippen molar-refractivity contribution in [2.45, 2.75) is 25.3 Å². The minimum Gasteiger partial charge on any atom is -0.341 e. The van der Waals surface area contributed by atoms with Crippen LogP contribution in [0.3, 0.4) is 0 Å². The third kappa shape index (κ3) is 4.02. The Bertz CT molecular complexity index is 679. The molecule has 2 aromatic carbocycles. The first-order chi connectivity index (χ1) is 11.7. The molecule has 1 aliphatic rings. The van der Waals surface area contributed by atoms with E-state index in [9.17, 15) is 9.59 Å². The quantitative estimate of drug-likeness (QED) is 0.920. The predicted molar refractivity (Wildman–Crippen MR) is 93.3 cm³/mol. The van der Waals surface area contributed by atoms with Crippen LogP contribution >= 0.6 is 0 Å². The third-order valence-corrected chi connectivity index (χ3v) is 4.31. The number of rotatable bonds is 5. The second-order valence-electron chi connectivity index (χ2n) is 6.11. The van der Waals surface area contributed by atoms with Gasteiger partial charge in [-0.15, -0.1) is 0 Å². The number of benzene rings is 2. The van der Waals surface area contributed by atoms with Gasteiger partial charge in [-0.05, 0) is 24.0 Å². The van der Waals surface area contributed by atoms with Crippen molar-refractivity contribution in [3.8, 4) is 0 Å². The van der Waals surface area contributed by atoms with Crippen LogP contribution in [0.4, 0.5) is 0 Å². The van der Waals surface area contributed by atoms with Gasteiger partial charge in [-0.25, -0.2) is 0 Å². The molecule has 0 unspecified atom stereocenters. The highest BCUT2D eigenvalue weighted by Gasteiger charge is 2.28. The first-order valence-corrected chi connectivity index (χ1v) is 8.41. The molecule has 1 aliphatic heterocycles. The molecule has 2 aromatic rings. The number of carbonyl (C=O) groups is 2. The molecule has 2 amide bonds. The summed E-state index contributed by atoms with van der Waals surface area (Å²) >= 11 is 0. The average molecular weight is 322 g/mol. The molecule has 0 aromatic heterocycles. The molecule has 0 radical (unpaired) electrons. The Labute approximate surface area is 142 Å². The minimum atomic E-state index is -0.611. The largest absolute Gasteiger partial charge is 0.341 e. The molecule has 1 fully saturated rings. The normalized spacial score (nSPS) is 15.1. The van der Waals surface area contributed by atoms with Gasteiger partial charge in [-0.1, -0.05) is 60.7 Å². The molecule has 0 bridgehead atoms. The van der Waals surface area contributed by atoms with Crippen molar-refractivity contribution in [3.63, 3.8) is 0 Å². The molecule has 3 rings (SSSR count). The lowest BCUT2D eigenvalue weighted by atomic mass is 10.0. The highest BCUT2D eigenvalue weighted by Crippen LogP contribution is 2.19. The fraction of sp³-hybridized carbons (Fsp3) is 0.300. The number of hydrogen-bond donors (Lipinski definition) is 1. The van der Waals surface area contributed by atoms with Crippen molar-refractivity contribution in [2.75, 3.05) is 13.1 Å². The summed E-state index contributed by atoms with van der Waals surface area (Å²) in [5.41, 5.74) is 1.77. The van der Waals surface area contributed by atoms with E-state index >= 15 is 0 Å². The van der Waals surface area contributed by atoms with Crippen LogP contribution in [0.2, 0.25) is 0 Å². The molecule has 1 atom stereocenters. The van der Waals surface area contributed by atoms with E-state index in [1.807, 2.05) is 65.6 Å². The molecule has 1 saturated heterocycles. The van der Waals surface area contributed by atoms with Gasteiger partial charge in [0, 0.05) is 13.1 Å². The average Bonchev–Trinajstić information content (AvgIpc) is 3.15. The molecular weight excluding hydrogens is 300 g/mol. The van der Waals surface area contributed by atoms with Crippen LogP contribution in [0.1, 0.15) is 30.0 Å². The molecular formula is C20H22N2O2. The first kappa shape index (κ1) is 16.2. The Hall–Kier alpha value is -2.62. The highest BCUT2D eigenvalue weighted by atomic mass is 16.2. The van der Waals surface area contributed by atoms with Crippen molar-refractivity contribution in [1.82, 2.24) is 10.2 Å². The molecule has 24 heavy (non-hydrogen) atoms. The fourth-order valence-corrected chi connectivity index (χ4v) is 3.05. The van der Waals surface area contributed by atoms with E-state index in [0.717, 1.165) is 37.1 Å². The zero-order chi connectivity index (χ0) is 16.8. The van der Waals surface area contributed by atoms with Gasteiger partial charge in [0.05, 0.1) is 6.42 Å². The number of nitrogens with one attached hydrogen (secondary N) is 1. The van der Waals surface area contributed by atoms with Crippen LogP contribution in [0, 0.1) is 0 Å². The Kier molecular flexibility index (Phi) is 5.26. The maximum Gasteiger partial charge on any atom is 0.249 e. The Morgan fingerprint density at radius 1 is 0.917 bits per heavy atom. The smallest absolute Gasteiger partial charge is 0.249 e. The SMILES string of the molecule is O=C(Cc1ccccc1)N[C@H](C(=O)N1CCCC1)c1ccccc1. The van der Waals surface area contributed by atoms with Crippen molar-refractivity contribution >= 4 is 11.8 Å². The van der Waals surface area contributed by atoms with E-state index in [2.05, 4.69) is 5.32 Å². The van der Waals surface area contributed by atoms with Gasteiger partial charge < -0.3 is 10.2 Å². The van der Waals surface area contributed by atoms with Crippen molar-refractivity contribution in [2.24, 2.45) is 0 Å². The highest BCUT2D eigenvalue weighted by molar-refractivity contribution is 5.89. The van der Waals surface area contributed by atoms with Crippen LogP contribution in [0.15, 0.2) is 60.7 Å². The Morgan fingerprint density at radius 2 is 1.50 bits per heavy atom. The lowest BCUT2D eigenvalue weighted by molar-refractivity contribution is -0.135. The van der Waals surface area contributed by atoms with Gasteiger partial charge in [-0.2, -0.15) is 0 Å². The van der Waals surface area contributed by atoms with Gasteiger partial charge in [0.2, 0.25) is 11.8 Å². The van der Waals surface area contributed by atoms with Crippen LogP contribution in [0.5, 0.6) is 0 Å². The number of amides is 2. The predicted octanol–water partition coefficient (Wildman–Crippen LogP) is 2.71. The zero-order valence-corrected chi connectivity index (χ0v) is 13.7. The summed E-state index contributed by atoms with van der Waals surface area (Å²) in [7, 11) is 0. The van der Waals surface area contributed by atoms with E-state index in [0.29, 0.717) is 0 Å².